The first-order chi connectivity index (χ1) is 15.0. The van der Waals surface area contributed by atoms with Crippen LogP contribution in [0.1, 0.15) is 23.7 Å². The Morgan fingerprint density at radius 3 is 2.71 bits per heavy atom. The van der Waals surface area contributed by atoms with Gasteiger partial charge in [0.05, 0.1) is 30.6 Å². The molecule has 31 heavy (non-hydrogen) atoms. The van der Waals surface area contributed by atoms with E-state index in [4.69, 9.17) is 21.1 Å². The van der Waals surface area contributed by atoms with Gasteiger partial charge in [-0.3, -0.25) is 9.48 Å². The number of carbonyl (C=O) groups excluding carboxylic acids is 1. The molecule has 0 saturated heterocycles. The number of hydrogen-bond donors (Lipinski definition) is 0. The summed E-state index contributed by atoms with van der Waals surface area (Å²) in [5.74, 6) is 1.39. The maximum atomic E-state index is 12.6. The van der Waals surface area contributed by atoms with Gasteiger partial charge in [-0.15, -0.1) is 0 Å². The molecule has 3 aromatic rings. The normalized spacial score (nSPS) is 11.0. The second-order valence-electron chi connectivity index (χ2n) is 6.96. The van der Waals surface area contributed by atoms with Crippen LogP contribution in [-0.4, -0.2) is 34.7 Å². The number of carbonyl (C=O) groups is 1. The number of nitrogens with zero attached hydrogens (tertiary/aromatic N) is 3. The highest BCUT2D eigenvalue weighted by Gasteiger charge is 2.13. The Balaban J connectivity index is 1.67. The molecule has 0 unspecified atom stereocenters. The first-order valence-electron chi connectivity index (χ1n) is 10.00. The van der Waals surface area contributed by atoms with Crippen molar-refractivity contribution >= 4 is 23.6 Å². The number of hydrogen-bond acceptors (Lipinski definition) is 4. The van der Waals surface area contributed by atoms with Crippen molar-refractivity contribution in [1.82, 2.24) is 14.7 Å². The predicted molar refractivity (Wildman–Crippen MR) is 122 cm³/mol. The molecule has 1 aromatic heterocycles. The zero-order valence-corrected chi connectivity index (χ0v) is 18.7. The quantitative estimate of drug-likeness (QED) is 0.449. The van der Waals surface area contributed by atoms with Crippen molar-refractivity contribution in [3.63, 3.8) is 0 Å². The second-order valence-corrected chi connectivity index (χ2v) is 7.36. The van der Waals surface area contributed by atoms with Crippen LogP contribution in [0.2, 0.25) is 5.02 Å². The standard InChI is InChI=1S/C24H26ClN3O3/c1-4-28-22(21(25)15-26-28)16-27(2)24(29)13-11-18-10-12-23(30-3)19(14-18)17-31-20-8-6-5-7-9-20/h5-15H,4,16-17H2,1-3H3/b13-11+. The van der Waals surface area contributed by atoms with Crippen molar-refractivity contribution in [2.24, 2.45) is 0 Å². The molecule has 2 aromatic carbocycles. The van der Waals surface area contributed by atoms with Crippen molar-refractivity contribution in [2.75, 3.05) is 14.2 Å². The number of para-hydroxylation sites is 1. The van der Waals surface area contributed by atoms with Crippen molar-refractivity contribution in [1.29, 1.82) is 0 Å². The van der Waals surface area contributed by atoms with Gasteiger partial charge in [0.15, 0.2) is 0 Å². The van der Waals surface area contributed by atoms with Crippen LogP contribution in [0.5, 0.6) is 11.5 Å². The molecule has 0 bridgehead atoms. The van der Waals surface area contributed by atoms with Gasteiger partial charge in [0.1, 0.15) is 18.1 Å². The SMILES string of the molecule is CCn1ncc(Cl)c1CN(C)C(=O)/C=C/c1ccc(OC)c(COc2ccccc2)c1. The molecule has 162 valence electrons. The number of likely N-dealkylation sites (N-methyl/N-ethyl adjacent to an activating group) is 1. The van der Waals surface area contributed by atoms with Gasteiger partial charge in [-0.05, 0) is 42.8 Å². The molecule has 6 nitrogen and oxygen atoms in total. The van der Waals surface area contributed by atoms with Crippen molar-refractivity contribution in [2.45, 2.75) is 26.6 Å². The number of ether oxygens (including phenoxy) is 2. The van der Waals surface area contributed by atoms with Crippen molar-refractivity contribution in [3.8, 4) is 11.5 Å². The number of amides is 1. The largest absolute Gasteiger partial charge is 0.496 e. The van der Waals surface area contributed by atoms with Gasteiger partial charge in [-0.25, -0.2) is 0 Å². The third-order valence-corrected chi connectivity index (χ3v) is 5.14. The highest BCUT2D eigenvalue weighted by Crippen LogP contribution is 2.23. The highest BCUT2D eigenvalue weighted by atomic mass is 35.5. The molecule has 0 fully saturated rings. The molecule has 1 amide bonds. The second kappa shape index (κ2) is 10.7. The summed E-state index contributed by atoms with van der Waals surface area (Å²) in [7, 11) is 3.37. The average molecular weight is 440 g/mol. The van der Waals surface area contributed by atoms with E-state index in [2.05, 4.69) is 5.10 Å². The molecule has 0 aliphatic heterocycles. The molecule has 0 N–H and O–H groups in total. The summed E-state index contributed by atoms with van der Waals surface area (Å²) in [6.45, 7) is 3.42. The van der Waals surface area contributed by atoms with Crippen LogP contribution in [0.3, 0.4) is 0 Å². The van der Waals surface area contributed by atoms with E-state index in [1.807, 2.05) is 55.5 Å². The third kappa shape index (κ3) is 5.89. The fourth-order valence-electron chi connectivity index (χ4n) is 3.11. The Morgan fingerprint density at radius 1 is 1.23 bits per heavy atom. The Hall–Kier alpha value is -3.25. The molecular weight excluding hydrogens is 414 g/mol. The van der Waals surface area contributed by atoms with Crippen LogP contribution in [0.15, 0.2) is 60.8 Å². The van der Waals surface area contributed by atoms with Crippen LogP contribution < -0.4 is 9.47 Å². The smallest absolute Gasteiger partial charge is 0.246 e. The van der Waals surface area contributed by atoms with E-state index in [0.29, 0.717) is 24.7 Å². The van der Waals surface area contributed by atoms with Gasteiger partial charge in [0.2, 0.25) is 5.91 Å². The summed E-state index contributed by atoms with van der Waals surface area (Å²) in [5, 5.41) is 4.77. The van der Waals surface area contributed by atoms with Gasteiger partial charge in [0, 0.05) is 25.2 Å². The zero-order chi connectivity index (χ0) is 22.2. The lowest BCUT2D eigenvalue weighted by Gasteiger charge is -2.16. The van der Waals surface area contributed by atoms with Gasteiger partial charge in [-0.2, -0.15) is 5.10 Å². The van der Waals surface area contributed by atoms with Crippen molar-refractivity contribution in [3.05, 3.63) is 82.6 Å². The summed E-state index contributed by atoms with van der Waals surface area (Å²) in [6.07, 6.45) is 4.93. The van der Waals surface area contributed by atoms with E-state index in [9.17, 15) is 4.79 Å². The lowest BCUT2D eigenvalue weighted by molar-refractivity contribution is -0.125. The van der Waals surface area contributed by atoms with E-state index in [1.165, 1.54) is 0 Å². The lowest BCUT2D eigenvalue weighted by atomic mass is 10.1. The minimum absolute atomic E-state index is 0.127. The van der Waals surface area contributed by atoms with E-state index in [0.717, 1.165) is 28.3 Å². The summed E-state index contributed by atoms with van der Waals surface area (Å²) in [5.41, 5.74) is 2.59. The number of aryl methyl sites for hydroxylation is 1. The molecule has 0 atom stereocenters. The van der Waals surface area contributed by atoms with Gasteiger partial charge in [-0.1, -0.05) is 35.9 Å². The molecular formula is C24H26ClN3O3. The molecule has 0 aliphatic rings. The topological polar surface area (TPSA) is 56.6 Å². The monoisotopic (exact) mass is 439 g/mol. The van der Waals surface area contributed by atoms with E-state index in [1.54, 1.807) is 42.1 Å². The average Bonchev–Trinajstić information content (AvgIpc) is 3.15. The maximum absolute atomic E-state index is 12.6. The molecule has 3 rings (SSSR count). The fourth-order valence-corrected chi connectivity index (χ4v) is 3.31. The predicted octanol–water partition coefficient (Wildman–Crippen LogP) is 4.82. The fraction of sp³-hybridized carbons (Fsp3) is 0.250. The summed E-state index contributed by atoms with van der Waals surface area (Å²) in [4.78, 5) is 14.2. The number of rotatable bonds is 9. The Bertz CT molecular complexity index is 1050. The van der Waals surface area contributed by atoms with Gasteiger partial charge in [0.25, 0.3) is 0 Å². The number of methoxy groups -OCH3 is 1. The molecule has 0 radical (unpaired) electrons. The highest BCUT2D eigenvalue weighted by molar-refractivity contribution is 6.31. The molecule has 0 aliphatic carbocycles. The van der Waals surface area contributed by atoms with Crippen LogP contribution >= 0.6 is 11.6 Å². The third-order valence-electron chi connectivity index (χ3n) is 4.82. The minimum Gasteiger partial charge on any atom is -0.496 e. The molecule has 7 heteroatoms. The maximum Gasteiger partial charge on any atom is 0.246 e. The van der Waals surface area contributed by atoms with Gasteiger partial charge < -0.3 is 14.4 Å². The van der Waals surface area contributed by atoms with E-state index < -0.39 is 0 Å². The Morgan fingerprint density at radius 2 is 2.00 bits per heavy atom. The lowest BCUT2D eigenvalue weighted by Crippen LogP contribution is -2.25. The van der Waals surface area contributed by atoms with Crippen LogP contribution in [0, 0.1) is 0 Å². The first-order valence-corrected chi connectivity index (χ1v) is 10.4. The summed E-state index contributed by atoms with van der Waals surface area (Å²) in [6, 6.07) is 15.3. The Kier molecular flexibility index (Phi) is 7.73. The number of aromatic nitrogens is 2. The summed E-state index contributed by atoms with van der Waals surface area (Å²) >= 11 is 6.20. The van der Waals surface area contributed by atoms with Crippen LogP contribution in [-0.2, 0) is 24.5 Å². The van der Waals surface area contributed by atoms with E-state index >= 15 is 0 Å². The first kappa shape index (κ1) is 22.4. The zero-order valence-electron chi connectivity index (χ0n) is 17.9. The number of benzene rings is 2. The van der Waals surface area contributed by atoms with Crippen molar-refractivity contribution < 1.29 is 14.3 Å². The molecule has 0 spiro atoms. The molecule has 1 heterocycles. The van der Waals surface area contributed by atoms with Crippen LogP contribution in [0.4, 0.5) is 0 Å². The van der Waals surface area contributed by atoms with Gasteiger partial charge >= 0.3 is 0 Å². The summed E-state index contributed by atoms with van der Waals surface area (Å²) < 4.78 is 13.1. The van der Waals surface area contributed by atoms with Crippen LogP contribution in [0.25, 0.3) is 6.08 Å². The number of halogens is 1. The van der Waals surface area contributed by atoms with E-state index in [-0.39, 0.29) is 5.91 Å². The molecule has 0 saturated carbocycles. The Labute approximate surface area is 187 Å². The minimum atomic E-state index is -0.127.